The Morgan fingerprint density at radius 3 is 2.50 bits per heavy atom. The number of anilines is 1. The molecule has 4 aromatic rings. The van der Waals surface area contributed by atoms with Gasteiger partial charge in [0.1, 0.15) is 22.4 Å². The first-order valence-corrected chi connectivity index (χ1v) is 11.8. The van der Waals surface area contributed by atoms with Crippen LogP contribution in [0, 0.1) is 0 Å². The maximum absolute atomic E-state index is 12.8. The number of ether oxygens (including phenoxy) is 1. The topological polar surface area (TPSA) is 56.2 Å². The fourth-order valence-corrected chi connectivity index (χ4v) is 4.14. The third kappa shape index (κ3) is 5.98. The molecule has 0 aliphatic carbocycles. The second-order valence-corrected chi connectivity index (χ2v) is 9.29. The summed E-state index contributed by atoms with van der Waals surface area (Å²) in [6.45, 7) is 0.572. The quantitative estimate of drug-likeness (QED) is 0.251. The summed E-state index contributed by atoms with van der Waals surface area (Å²) < 4.78 is 7.34. The Labute approximate surface area is 221 Å². The van der Waals surface area contributed by atoms with Gasteiger partial charge in [-0.3, -0.25) is 9.48 Å². The summed E-state index contributed by atoms with van der Waals surface area (Å²) in [5.74, 6) is 0.338. The van der Waals surface area contributed by atoms with Gasteiger partial charge in [0.25, 0.3) is 5.91 Å². The van der Waals surface area contributed by atoms with Crippen molar-refractivity contribution >= 4 is 69.7 Å². The average molecular weight is 556 g/mol. The minimum Gasteiger partial charge on any atom is -0.487 e. The van der Waals surface area contributed by atoms with Crippen molar-refractivity contribution in [1.82, 2.24) is 9.78 Å². The van der Waals surface area contributed by atoms with Gasteiger partial charge in [0.2, 0.25) is 0 Å². The minimum atomic E-state index is -0.362. The molecular formula is C24H16Cl5N3O2. The lowest BCUT2D eigenvalue weighted by molar-refractivity contribution is 0.102. The largest absolute Gasteiger partial charge is 0.487 e. The second-order valence-electron chi connectivity index (χ2n) is 7.25. The van der Waals surface area contributed by atoms with Crippen molar-refractivity contribution in [2.24, 2.45) is 0 Å². The molecule has 1 heterocycles. The SMILES string of the molecule is O=C(Nc1nn(Cc2ccc(Cl)cc2Cl)cc1Cl)c1cccc(COc2cccc(Cl)c2Cl)c1. The van der Waals surface area contributed by atoms with E-state index in [0.717, 1.165) is 11.1 Å². The highest BCUT2D eigenvalue weighted by molar-refractivity contribution is 6.43. The third-order valence-corrected chi connectivity index (χ3v) is 6.46. The molecule has 0 fully saturated rings. The van der Waals surface area contributed by atoms with Crippen LogP contribution in [0.15, 0.2) is 66.9 Å². The number of nitrogens with zero attached hydrogens (tertiary/aromatic N) is 2. The van der Waals surface area contributed by atoms with Gasteiger partial charge >= 0.3 is 0 Å². The molecule has 1 amide bonds. The first kappa shape index (κ1) is 24.7. The van der Waals surface area contributed by atoms with Gasteiger partial charge < -0.3 is 10.1 Å². The number of rotatable bonds is 7. The average Bonchev–Trinajstić information content (AvgIpc) is 3.15. The van der Waals surface area contributed by atoms with Gasteiger partial charge in [-0.25, -0.2) is 0 Å². The van der Waals surface area contributed by atoms with E-state index >= 15 is 0 Å². The molecule has 34 heavy (non-hydrogen) atoms. The highest BCUT2D eigenvalue weighted by Gasteiger charge is 2.14. The van der Waals surface area contributed by atoms with Crippen LogP contribution in [0.4, 0.5) is 5.82 Å². The number of hydrogen-bond acceptors (Lipinski definition) is 3. The number of nitrogens with one attached hydrogen (secondary N) is 1. The summed E-state index contributed by atoms with van der Waals surface area (Å²) in [7, 11) is 0. The van der Waals surface area contributed by atoms with Crippen LogP contribution >= 0.6 is 58.0 Å². The summed E-state index contributed by atoms with van der Waals surface area (Å²) in [6.07, 6.45) is 1.61. The van der Waals surface area contributed by atoms with Gasteiger partial charge in [-0.1, -0.05) is 82.3 Å². The van der Waals surface area contributed by atoms with Gasteiger partial charge in [-0.05, 0) is 47.5 Å². The number of aromatic nitrogens is 2. The fourth-order valence-electron chi connectivity index (χ4n) is 3.13. The second kappa shape index (κ2) is 10.9. The summed E-state index contributed by atoms with van der Waals surface area (Å²) in [5, 5.41) is 9.20. The van der Waals surface area contributed by atoms with E-state index < -0.39 is 0 Å². The molecule has 4 rings (SSSR count). The molecule has 1 aromatic heterocycles. The lowest BCUT2D eigenvalue weighted by atomic mass is 10.1. The Morgan fingerprint density at radius 2 is 1.71 bits per heavy atom. The molecule has 0 aliphatic heterocycles. The van der Waals surface area contributed by atoms with Crippen molar-refractivity contribution in [3.05, 3.63) is 109 Å². The van der Waals surface area contributed by atoms with Gasteiger partial charge in [-0.15, -0.1) is 0 Å². The maximum Gasteiger partial charge on any atom is 0.256 e. The Balaban J connectivity index is 1.43. The van der Waals surface area contributed by atoms with Crippen LogP contribution in [0.25, 0.3) is 0 Å². The molecule has 5 nitrogen and oxygen atoms in total. The molecule has 1 N–H and O–H groups in total. The molecule has 0 saturated heterocycles. The summed E-state index contributed by atoms with van der Waals surface area (Å²) in [5.41, 5.74) is 2.01. The van der Waals surface area contributed by atoms with E-state index in [4.69, 9.17) is 62.7 Å². The van der Waals surface area contributed by atoms with Crippen LogP contribution in [0.2, 0.25) is 25.1 Å². The number of carbonyl (C=O) groups excluding carboxylic acids is 1. The lowest BCUT2D eigenvalue weighted by Gasteiger charge is -2.10. The predicted molar refractivity (Wildman–Crippen MR) is 138 cm³/mol. The van der Waals surface area contributed by atoms with Crippen molar-refractivity contribution in [2.75, 3.05) is 5.32 Å². The Morgan fingerprint density at radius 1 is 0.912 bits per heavy atom. The Hall–Kier alpha value is -2.41. The Kier molecular flexibility index (Phi) is 7.91. The summed E-state index contributed by atoms with van der Waals surface area (Å²) >= 11 is 30.6. The van der Waals surface area contributed by atoms with Crippen molar-refractivity contribution in [3.63, 3.8) is 0 Å². The molecule has 3 aromatic carbocycles. The number of carbonyl (C=O) groups is 1. The van der Waals surface area contributed by atoms with E-state index in [1.54, 1.807) is 59.4 Å². The monoisotopic (exact) mass is 553 g/mol. The molecule has 10 heteroatoms. The molecule has 0 saturated carbocycles. The maximum atomic E-state index is 12.8. The molecule has 0 bridgehead atoms. The molecule has 0 aliphatic rings. The number of halogens is 5. The van der Waals surface area contributed by atoms with Crippen LogP contribution < -0.4 is 10.1 Å². The van der Waals surface area contributed by atoms with E-state index in [0.29, 0.717) is 43.0 Å². The van der Waals surface area contributed by atoms with Gasteiger partial charge in [0, 0.05) is 21.8 Å². The fraction of sp³-hybridized carbons (Fsp3) is 0.0833. The number of benzene rings is 3. The summed E-state index contributed by atoms with van der Waals surface area (Å²) in [6, 6.07) is 17.4. The van der Waals surface area contributed by atoms with Crippen LogP contribution in [0.3, 0.4) is 0 Å². The zero-order valence-electron chi connectivity index (χ0n) is 17.4. The smallest absolute Gasteiger partial charge is 0.256 e. The zero-order valence-corrected chi connectivity index (χ0v) is 21.1. The normalized spacial score (nSPS) is 10.9. The molecule has 0 radical (unpaired) electrons. The first-order valence-electron chi connectivity index (χ1n) is 9.94. The third-order valence-electron chi connectivity index (χ3n) is 4.80. The highest BCUT2D eigenvalue weighted by Crippen LogP contribution is 2.32. The van der Waals surface area contributed by atoms with Gasteiger partial charge in [0.15, 0.2) is 5.82 Å². The van der Waals surface area contributed by atoms with E-state index in [-0.39, 0.29) is 18.3 Å². The molecule has 0 atom stereocenters. The Bertz CT molecular complexity index is 1360. The zero-order chi connectivity index (χ0) is 24.2. The molecule has 174 valence electrons. The van der Waals surface area contributed by atoms with Crippen molar-refractivity contribution in [3.8, 4) is 5.75 Å². The van der Waals surface area contributed by atoms with E-state index in [9.17, 15) is 4.79 Å². The van der Waals surface area contributed by atoms with Gasteiger partial charge in [0.05, 0.1) is 11.6 Å². The van der Waals surface area contributed by atoms with Crippen molar-refractivity contribution < 1.29 is 9.53 Å². The molecule has 0 spiro atoms. The number of amides is 1. The predicted octanol–water partition coefficient (Wildman–Crippen LogP) is 8.03. The minimum absolute atomic E-state index is 0.207. The van der Waals surface area contributed by atoms with E-state index in [1.807, 2.05) is 12.1 Å². The van der Waals surface area contributed by atoms with E-state index in [2.05, 4.69) is 10.4 Å². The van der Waals surface area contributed by atoms with Crippen molar-refractivity contribution in [1.29, 1.82) is 0 Å². The molecule has 0 unspecified atom stereocenters. The van der Waals surface area contributed by atoms with Crippen LogP contribution in [0.1, 0.15) is 21.5 Å². The van der Waals surface area contributed by atoms with Crippen LogP contribution in [-0.4, -0.2) is 15.7 Å². The number of hydrogen-bond donors (Lipinski definition) is 1. The molecular weight excluding hydrogens is 540 g/mol. The van der Waals surface area contributed by atoms with Gasteiger partial charge in [-0.2, -0.15) is 5.10 Å². The van der Waals surface area contributed by atoms with E-state index in [1.165, 1.54) is 0 Å². The lowest BCUT2D eigenvalue weighted by Crippen LogP contribution is -2.13. The standard InChI is InChI=1S/C24H16Cl5N3O2/c25-17-8-7-16(19(27)10-17)11-32-12-20(28)23(31-32)30-24(33)15-4-1-3-14(9-15)13-34-21-6-2-5-18(26)22(21)29/h1-10,12H,11,13H2,(H,30,31,33). The van der Waals surface area contributed by atoms with Crippen molar-refractivity contribution in [2.45, 2.75) is 13.2 Å². The van der Waals surface area contributed by atoms with Crippen LogP contribution in [0.5, 0.6) is 5.75 Å². The summed E-state index contributed by atoms with van der Waals surface area (Å²) in [4.78, 5) is 12.8. The van der Waals surface area contributed by atoms with Crippen LogP contribution in [-0.2, 0) is 13.2 Å². The highest BCUT2D eigenvalue weighted by atomic mass is 35.5. The first-order chi connectivity index (χ1) is 16.3.